The van der Waals surface area contributed by atoms with Crippen molar-refractivity contribution in [2.24, 2.45) is 0 Å². The third-order valence-electron chi connectivity index (χ3n) is 6.16. The highest BCUT2D eigenvalue weighted by atomic mass is 32.2. The van der Waals surface area contributed by atoms with Crippen LogP contribution in [0.2, 0.25) is 0 Å². The van der Waals surface area contributed by atoms with Gasteiger partial charge in [0.15, 0.2) is 0 Å². The van der Waals surface area contributed by atoms with Crippen LogP contribution in [0.25, 0.3) is 0 Å². The maximum atomic E-state index is 12.8. The molecule has 0 bridgehead atoms. The van der Waals surface area contributed by atoms with Crippen LogP contribution in [-0.2, 0) is 29.6 Å². The molecule has 1 heterocycles. The Morgan fingerprint density at radius 3 is 2.19 bits per heavy atom. The Morgan fingerprint density at radius 1 is 1.00 bits per heavy atom. The van der Waals surface area contributed by atoms with Crippen molar-refractivity contribution in [3.8, 4) is 5.75 Å². The minimum atomic E-state index is -3.82. The van der Waals surface area contributed by atoms with Gasteiger partial charge in [-0.15, -0.1) is 0 Å². The Balaban J connectivity index is 1.42. The first-order valence-corrected chi connectivity index (χ1v) is 15.1. The number of morpholine rings is 1. The van der Waals surface area contributed by atoms with Gasteiger partial charge in [-0.1, -0.05) is 0 Å². The highest BCUT2D eigenvalue weighted by molar-refractivity contribution is 7.92. The summed E-state index contributed by atoms with van der Waals surface area (Å²) in [5.41, 5.74) is 0.702. The Kier molecular flexibility index (Phi) is 8.18. The standard InChI is InChI=1S/C24H31N3O7S2/c1-35(29,30)27(20-8-12-23(13-9-20)36(31,32)26-14-16-33-17-15-26)18-24(28)25-19-6-10-22(11-7-19)34-21-4-2-3-5-21/h6-13,21H,2-5,14-18H2,1H3,(H,25,28). The third kappa shape index (κ3) is 6.55. The quantitative estimate of drug-likeness (QED) is 0.521. The minimum Gasteiger partial charge on any atom is -0.490 e. The van der Waals surface area contributed by atoms with Crippen LogP contribution in [0.1, 0.15) is 25.7 Å². The SMILES string of the molecule is CS(=O)(=O)N(CC(=O)Nc1ccc(OC2CCCC2)cc1)c1ccc(S(=O)(=O)N2CCOCC2)cc1. The molecule has 0 aromatic heterocycles. The number of hydrogen-bond acceptors (Lipinski definition) is 7. The lowest BCUT2D eigenvalue weighted by Gasteiger charge is -2.26. The van der Waals surface area contributed by atoms with Gasteiger partial charge < -0.3 is 14.8 Å². The van der Waals surface area contributed by atoms with Gasteiger partial charge in [0, 0.05) is 18.8 Å². The molecule has 1 aliphatic carbocycles. The fraction of sp³-hybridized carbons (Fsp3) is 0.458. The fourth-order valence-corrected chi connectivity index (χ4v) is 6.53. The number of nitrogens with zero attached hydrogens (tertiary/aromatic N) is 2. The van der Waals surface area contributed by atoms with Gasteiger partial charge in [-0.2, -0.15) is 4.31 Å². The summed E-state index contributed by atoms with van der Waals surface area (Å²) >= 11 is 0. The molecule has 36 heavy (non-hydrogen) atoms. The van der Waals surface area contributed by atoms with Gasteiger partial charge >= 0.3 is 0 Å². The summed E-state index contributed by atoms with van der Waals surface area (Å²) in [6, 6.07) is 12.4. The summed E-state index contributed by atoms with van der Waals surface area (Å²) < 4.78 is 64.0. The average Bonchev–Trinajstić information content (AvgIpc) is 3.37. The van der Waals surface area contributed by atoms with E-state index in [1.807, 2.05) is 0 Å². The summed E-state index contributed by atoms with van der Waals surface area (Å²) in [5, 5.41) is 2.70. The molecule has 2 aromatic rings. The van der Waals surface area contributed by atoms with Crippen molar-refractivity contribution in [1.82, 2.24) is 4.31 Å². The van der Waals surface area contributed by atoms with E-state index in [1.165, 1.54) is 41.4 Å². The van der Waals surface area contributed by atoms with Crippen LogP contribution < -0.4 is 14.4 Å². The van der Waals surface area contributed by atoms with Gasteiger partial charge in [-0.05, 0) is 74.2 Å². The minimum absolute atomic E-state index is 0.0472. The number of sulfonamides is 2. The molecule has 1 amide bonds. The highest BCUT2D eigenvalue weighted by Crippen LogP contribution is 2.26. The van der Waals surface area contributed by atoms with Gasteiger partial charge in [0.05, 0.1) is 36.2 Å². The van der Waals surface area contributed by atoms with E-state index in [0.29, 0.717) is 18.9 Å². The topological polar surface area (TPSA) is 122 Å². The molecule has 0 atom stereocenters. The van der Waals surface area contributed by atoms with Crippen LogP contribution in [0.5, 0.6) is 5.75 Å². The maximum absolute atomic E-state index is 12.8. The van der Waals surface area contributed by atoms with E-state index in [4.69, 9.17) is 9.47 Å². The van der Waals surface area contributed by atoms with Gasteiger partial charge in [0.2, 0.25) is 26.0 Å². The van der Waals surface area contributed by atoms with E-state index >= 15 is 0 Å². The van der Waals surface area contributed by atoms with Crippen molar-refractivity contribution in [3.63, 3.8) is 0 Å². The van der Waals surface area contributed by atoms with E-state index in [9.17, 15) is 21.6 Å². The van der Waals surface area contributed by atoms with Crippen LogP contribution in [-0.4, -0.2) is 72.3 Å². The second-order valence-corrected chi connectivity index (χ2v) is 12.7. The number of carbonyl (C=O) groups excluding carboxylic acids is 1. The van der Waals surface area contributed by atoms with E-state index in [0.717, 1.165) is 29.2 Å². The largest absolute Gasteiger partial charge is 0.490 e. The number of amides is 1. The molecule has 1 aliphatic heterocycles. The number of ether oxygens (including phenoxy) is 2. The number of nitrogens with one attached hydrogen (secondary N) is 1. The predicted octanol–water partition coefficient (Wildman–Crippen LogP) is 2.43. The summed E-state index contributed by atoms with van der Waals surface area (Å²) in [5.74, 6) is 0.194. The lowest BCUT2D eigenvalue weighted by molar-refractivity contribution is -0.114. The van der Waals surface area contributed by atoms with Crippen molar-refractivity contribution in [1.29, 1.82) is 0 Å². The molecule has 2 aliphatic rings. The van der Waals surface area contributed by atoms with Crippen LogP contribution in [0.15, 0.2) is 53.4 Å². The van der Waals surface area contributed by atoms with E-state index in [1.54, 1.807) is 24.3 Å². The van der Waals surface area contributed by atoms with Gasteiger partial charge in [-0.3, -0.25) is 9.10 Å². The van der Waals surface area contributed by atoms with Gasteiger partial charge in [-0.25, -0.2) is 16.8 Å². The monoisotopic (exact) mass is 537 g/mol. The number of anilines is 2. The van der Waals surface area contributed by atoms with Crippen LogP contribution in [0, 0.1) is 0 Å². The van der Waals surface area contributed by atoms with Gasteiger partial charge in [0.25, 0.3) is 0 Å². The Morgan fingerprint density at radius 2 is 1.61 bits per heavy atom. The molecule has 1 saturated carbocycles. The molecule has 0 radical (unpaired) electrons. The zero-order valence-corrected chi connectivity index (χ0v) is 21.8. The fourth-order valence-electron chi connectivity index (χ4n) is 4.27. The van der Waals surface area contributed by atoms with Crippen molar-refractivity contribution >= 4 is 37.3 Å². The number of hydrogen-bond donors (Lipinski definition) is 1. The maximum Gasteiger partial charge on any atom is 0.245 e. The lowest BCUT2D eigenvalue weighted by Crippen LogP contribution is -2.40. The van der Waals surface area contributed by atoms with Crippen LogP contribution in [0.4, 0.5) is 11.4 Å². The summed E-state index contributed by atoms with van der Waals surface area (Å²) in [7, 11) is -7.54. The normalized spacial score (nSPS) is 17.6. The Hall–Kier alpha value is -2.67. The van der Waals surface area contributed by atoms with E-state index < -0.39 is 32.5 Å². The van der Waals surface area contributed by atoms with Crippen LogP contribution >= 0.6 is 0 Å². The van der Waals surface area contributed by atoms with Crippen molar-refractivity contribution in [3.05, 3.63) is 48.5 Å². The third-order valence-corrected chi connectivity index (χ3v) is 9.22. The molecule has 10 nitrogen and oxygen atoms in total. The molecule has 0 unspecified atom stereocenters. The number of rotatable bonds is 9. The molecule has 1 N–H and O–H groups in total. The Bertz CT molecular complexity index is 1250. The van der Waals surface area contributed by atoms with E-state index in [-0.39, 0.29) is 29.8 Å². The molecule has 4 rings (SSSR count). The van der Waals surface area contributed by atoms with E-state index in [2.05, 4.69) is 5.32 Å². The molecule has 1 saturated heterocycles. The zero-order chi connectivity index (χ0) is 25.8. The number of benzene rings is 2. The molecule has 0 spiro atoms. The molecule has 12 heteroatoms. The first kappa shape index (κ1) is 26.4. The van der Waals surface area contributed by atoms with Crippen LogP contribution in [0.3, 0.4) is 0 Å². The molecule has 2 aromatic carbocycles. The van der Waals surface area contributed by atoms with Gasteiger partial charge in [0.1, 0.15) is 12.3 Å². The molecular weight excluding hydrogens is 506 g/mol. The van der Waals surface area contributed by atoms with Crippen molar-refractivity contribution in [2.75, 3.05) is 48.7 Å². The molecule has 196 valence electrons. The Labute approximate surface area is 212 Å². The number of carbonyl (C=O) groups is 1. The summed E-state index contributed by atoms with van der Waals surface area (Å²) in [4.78, 5) is 12.7. The smallest absolute Gasteiger partial charge is 0.245 e. The predicted molar refractivity (Wildman–Crippen MR) is 136 cm³/mol. The first-order chi connectivity index (χ1) is 17.1. The second kappa shape index (κ2) is 11.2. The zero-order valence-electron chi connectivity index (χ0n) is 20.1. The highest BCUT2D eigenvalue weighted by Gasteiger charge is 2.27. The molecular formula is C24H31N3O7S2. The average molecular weight is 538 g/mol. The van der Waals surface area contributed by atoms with Crippen molar-refractivity contribution in [2.45, 2.75) is 36.7 Å². The summed E-state index contributed by atoms with van der Waals surface area (Å²) in [6.45, 7) is 0.699. The molecule has 2 fully saturated rings. The summed E-state index contributed by atoms with van der Waals surface area (Å²) in [6.07, 6.45) is 5.64. The lowest BCUT2D eigenvalue weighted by atomic mass is 10.2. The second-order valence-electron chi connectivity index (χ2n) is 8.88. The first-order valence-electron chi connectivity index (χ1n) is 11.9. The van der Waals surface area contributed by atoms with Crippen molar-refractivity contribution < 1.29 is 31.1 Å².